The van der Waals surface area contributed by atoms with Crippen LogP contribution >= 0.6 is 0 Å². The van der Waals surface area contributed by atoms with Gasteiger partial charge in [0.15, 0.2) is 0 Å². The quantitative estimate of drug-likeness (QED) is 0.693. The molecule has 94 valence electrons. The lowest BCUT2D eigenvalue weighted by molar-refractivity contribution is 0.112. The van der Waals surface area contributed by atoms with Gasteiger partial charge in [0.25, 0.3) is 0 Å². The highest BCUT2D eigenvalue weighted by Gasteiger charge is 2.34. The van der Waals surface area contributed by atoms with Crippen LogP contribution in [0.25, 0.3) is 0 Å². The van der Waals surface area contributed by atoms with Crippen LogP contribution in [0.1, 0.15) is 25.7 Å². The second kappa shape index (κ2) is 5.00. The number of hydrogen-bond donors (Lipinski definition) is 2. The molecule has 2 fully saturated rings. The summed E-state index contributed by atoms with van der Waals surface area (Å²) in [6, 6.07) is 0. The first-order valence-electron chi connectivity index (χ1n) is 5.98. The molecule has 5 nitrogen and oxygen atoms in total. The van der Waals surface area contributed by atoms with E-state index in [1.54, 1.807) is 4.31 Å². The Morgan fingerprint density at radius 2 is 1.62 bits per heavy atom. The van der Waals surface area contributed by atoms with Crippen LogP contribution in [0.4, 0.5) is 0 Å². The summed E-state index contributed by atoms with van der Waals surface area (Å²) in [5.74, 6) is 0. The smallest absolute Gasteiger partial charge is 0.217 e. The number of nitrogens with zero attached hydrogens (tertiary/aromatic N) is 1. The van der Waals surface area contributed by atoms with Gasteiger partial charge >= 0.3 is 0 Å². The lowest BCUT2D eigenvalue weighted by Crippen LogP contribution is -2.47. The van der Waals surface area contributed by atoms with Gasteiger partial charge in [0.1, 0.15) is 0 Å². The van der Waals surface area contributed by atoms with Crippen molar-refractivity contribution in [3.8, 4) is 0 Å². The summed E-state index contributed by atoms with van der Waals surface area (Å²) >= 11 is 0. The molecule has 0 spiro atoms. The van der Waals surface area contributed by atoms with Gasteiger partial charge in [-0.15, -0.1) is 0 Å². The van der Waals surface area contributed by atoms with Crippen LogP contribution in [-0.2, 0) is 10.0 Å². The van der Waals surface area contributed by atoms with Gasteiger partial charge in [0.05, 0.1) is 11.4 Å². The van der Waals surface area contributed by atoms with Crippen molar-refractivity contribution >= 4 is 10.0 Å². The van der Waals surface area contributed by atoms with Gasteiger partial charge in [0.2, 0.25) is 10.0 Å². The number of aliphatic hydroxyl groups is 1. The summed E-state index contributed by atoms with van der Waals surface area (Å²) < 4.78 is 26.1. The van der Waals surface area contributed by atoms with Crippen LogP contribution in [-0.4, -0.2) is 55.4 Å². The highest BCUT2D eigenvalue weighted by Crippen LogP contribution is 2.21. The maximum Gasteiger partial charge on any atom is 0.217 e. The zero-order chi connectivity index (χ0) is 11.6. The fourth-order valence-electron chi connectivity index (χ4n) is 2.40. The highest BCUT2D eigenvalue weighted by molar-refractivity contribution is 7.89. The first-order valence-corrected chi connectivity index (χ1v) is 7.49. The first kappa shape index (κ1) is 12.3. The van der Waals surface area contributed by atoms with Gasteiger partial charge in [-0.05, 0) is 38.8 Å². The molecule has 16 heavy (non-hydrogen) atoms. The lowest BCUT2D eigenvalue weighted by atomic mass is 10.1. The van der Waals surface area contributed by atoms with Crippen molar-refractivity contribution in [2.45, 2.75) is 37.0 Å². The molecule has 0 saturated carbocycles. The van der Waals surface area contributed by atoms with Crippen LogP contribution in [0.15, 0.2) is 0 Å². The van der Waals surface area contributed by atoms with Crippen LogP contribution in [0.2, 0.25) is 0 Å². The van der Waals surface area contributed by atoms with Gasteiger partial charge in [-0.2, -0.15) is 0 Å². The molecule has 0 bridgehead atoms. The van der Waals surface area contributed by atoms with E-state index in [1.165, 1.54) is 0 Å². The zero-order valence-electron chi connectivity index (χ0n) is 9.43. The molecule has 2 aliphatic heterocycles. The van der Waals surface area contributed by atoms with Crippen LogP contribution < -0.4 is 5.32 Å². The molecule has 0 aromatic rings. The minimum Gasteiger partial charge on any atom is -0.393 e. The molecule has 0 amide bonds. The predicted octanol–water partition coefficient (Wildman–Crippen LogP) is -0.475. The number of sulfonamides is 1. The average molecular weight is 248 g/mol. The van der Waals surface area contributed by atoms with E-state index in [4.69, 9.17) is 0 Å². The van der Waals surface area contributed by atoms with E-state index in [9.17, 15) is 13.5 Å². The molecule has 2 saturated heterocycles. The summed E-state index contributed by atoms with van der Waals surface area (Å²) in [6.07, 6.45) is 2.25. The minimum atomic E-state index is -3.13. The number of hydrogen-bond acceptors (Lipinski definition) is 4. The largest absolute Gasteiger partial charge is 0.393 e. The summed E-state index contributed by atoms with van der Waals surface area (Å²) in [6.45, 7) is 2.54. The highest BCUT2D eigenvalue weighted by atomic mass is 32.2. The summed E-state index contributed by atoms with van der Waals surface area (Å²) in [5, 5.41) is 12.3. The third-order valence-electron chi connectivity index (χ3n) is 3.49. The maximum atomic E-state index is 12.3. The molecule has 2 aliphatic rings. The van der Waals surface area contributed by atoms with Crippen molar-refractivity contribution in [2.75, 3.05) is 26.2 Å². The Balaban J connectivity index is 2.00. The Hall–Kier alpha value is -0.170. The van der Waals surface area contributed by atoms with Crippen molar-refractivity contribution in [1.29, 1.82) is 0 Å². The Kier molecular flexibility index (Phi) is 3.84. The fourth-order valence-corrected chi connectivity index (χ4v) is 4.37. The van der Waals surface area contributed by atoms with E-state index < -0.39 is 10.0 Å². The summed E-state index contributed by atoms with van der Waals surface area (Å²) in [7, 11) is -3.13. The molecule has 0 atom stereocenters. The molecule has 6 heteroatoms. The molecule has 0 aliphatic carbocycles. The van der Waals surface area contributed by atoms with E-state index in [0.717, 1.165) is 13.1 Å². The SMILES string of the molecule is O=S(=O)(C1CCNCC1)N1CCC(O)CC1. The first-order chi connectivity index (χ1) is 7.60. The van der Waals surface area contributed by atoms with Crippen molar-refractivity contribution in [3.63, 3.8) is 0 Å². The number of rotatable bonds is 2. The third-order valence-corrected chi connectivity index (χ3v) is 5.89. The Bertz CT molecular complexity index is 317. The second-order valence-electron chi connectivity index (χ2n) is 4.62. The van der Waals surface area contributed by atoms with Gasteiger partial charge in [-0.3, -0.25) is 0 Å². The Morgan fingerprint density at radius 3 is 2.19 bits per heavy atom. The van der Waals surface area contributed by atoms with Gasteiger partial charge in [-0.1, -0.05) is 0 Å². The molecular formula is C10H20N2O3S. The summed E-state index contributed by atoms with van der Waals surface area (Å²) in [4.78, 5) is 0. The zero-order valence-corrected chi connectivity index (χ0v) is 10.2. The molecule has 0 aromatic carbocycles. The summed E-state index contributed by atoms with van der Waals surface area (Å²) in [5.41, 5.74) is 0. The maximum absolute atomic E-state index is 12.3. The molecule has 0 aromatic heterocycles. The average Bonchev–Trinajstić information content (AvgIpc) is 2.31. The van der Waals surface area contributed by atoms with Crippen molar-refractivity contribution in [1.82, 2.24) is 9.62 Å². The molecular weight excluding hydrogens is 228 g/mol. The van der Waals surface area contributed by atoms with Crippen molar-refractivity contribution < 1.29 is 13.5 Å². The molecule has 2 N–H and O–H groups in total. The predicted molar refractivity (Wildman–Crippen MR) is 61.6 cm³/mol. The minimum absolute atomic E-state index is 0.219. The Labute approximate surface area is 96.9 Å². The normalized spacial score (nSPS) is 27.1. The number of aliphatic hydroxyl groups excluding tert-OH is 1. The third kappa shape index (κ3) is 2.56. The van der Waals surface area contributed by atoms with Crippen LogP contribution in [0, 0.1) is 0 Å². The molecule has 2 heterocycles. The van der Waals surface area contributed by atoms with E-state index in [0.29, 0.717) is 38.8 Å². The molecule has 2 rings (SSSR count). The lowest BCUT2D eigenvalue weighted by Gasteiger charge is -2.33. The van der Waals surface area contributed by atoms with Gasteiger partial charge in [0, 0.05) is 13.1 Å². The van der Waals surface area contributed by atoms with Gasteiger partial charge < -0.3 is 10.4 Å². The fraction of sp³-hybridized carbons (Fsp3) is 1.00. The van der Waals surface area contributed by atoms with E-state index >= 15 is 0 Å². The number of nitrogens with one attached hydrogen (secondary N) is 1. The standard InChI is InChI=1S/C10H20N2O3S/c13-9-3-7-12(8-4-9)16(14,15)10-1-5-11-6-2-10/h9-11,13H,1-8H2. The van der Waals surface area contributed by atoms with E-state index in [-0.39, 0.29) is 11.4 Å². The second-order valence-corrected chi connectivity index (χ2v) is 6.84. The Morgan fingerprint density at radius 1 is 1.06 bits per heavy atom. The van der Waals surface area contributed by atoms with E-state index in [2.05, 4.69) is 5.32 Å². The van der Waals surface area contributed by atoms with Crippen LogP contribution in [0.3, 0.4) is 0 Å². The number of piperidine rings is 2. The van der Waals surface area contributed by atoms with Crippen molar-refractivity contribution in [3.05, 3.63) is 0 Å². The molecule has 0 radical (unpaired) electrons. The van der Waals surface area contributed by atoms with Crippen molar-refractivity contribution in [2.24, 2.45) is 0 Å². The van der Waals surface area contributed by atoms with E-state index in [1.807, 2.05) is 0 Å². The van der Waals surface area contributed by atoms with Crippen LogP contribution in [0.5, 0.6) is 0 Å². The topological polar surface area (TPSA) is 69.6 Å². The molecule has 0 unspecified atom stereocenters. The van der Waals surface area contributed by atoms with Gasteiger partial charge in [-0.25, -0.2) is 12.7 Å². The monoisotopic (exact) mass is 248 g/mol.